The zero-order valence-electron chi connectivity index (χ0n) is 15.5. The number of hydrogen-bond donors (Lipinski definition) is 1. The van der Waals surface area contributed by atoms with E-state index in [2.05, 4.69) is 11.8 Å². The molecule has 1 heterocycles. The number of morpholine rings is 1. The Balaban J connectivity index is 1.45. The molecule has 0 bridgehead atoms. The molecule has 27 heavy (non-hydrogen) atoms. The van der Waals surface area contributed by atoms with Crippen LogP contribution in [0.2, 0.25) is 5.02 Å². The van der Waals surface area contributed by atoms with Crippen molar-refractivity contribution < 1.29 is 13.9 Å². The van der Waals surface area contributed by atoms with E-state index in [1.807, 2.05) is 12.1 Å². The van der Waals surface area contributed by atoms with Gasteiger partial charge in [0.05, 0.1) is 25.0 Å². The molecule has 0 unspecified atom stereocenters. The Labute approximate surface area is 165 Å². The van der Waals surface area contributed by atoms with Crippen LogP contribution in [0, 0.1) is 5.82 Å². The molecular weight excluding hydrogens is 367 g/mol. The van der Waals surface area contributed by atoms with Crippen molar-refractivity contribution in [3.05, 3.63) is 58.9 Å². The third-order valence-corrected chi connectivity index (χ3v) is 5.07. The number of hydrogen-bond acceptors (Lipinski definition) is 4. The molecule has 0 radical (unpaired) electrons. The van der Waals surface area contributed by atoms with Crippen molar-refractivity contribution in [2.75, 3.05) is 32.0 Å². The molecule has 0 saturated carbocycles. The first kappa shape index (κ1) is 19.9. The van der Waals surface area contributed by atoms with Crippen LogP contribution in [0.25, 0.3) is 0 Å². The van der Waals surface area contributed by atoms with Crippen molar-refractivity contribution in [3.63, 3.8) is 0 Å². The van der Waals surface area contributed by atoms with Crippen LogP contribution >= 0.6 is 11.6 Å². The molecule has 1 aliphatic heterocycles. The fourth-order valence-electron chi connectivity index (χ4n) is 3.29. The van der Waals surface area contributed by atoms with E-state index in [1.165, 1.54) is 12.1 Å². The quantitative estimate of drug-likeness (QED) is 0.567. The lowest BCUT2D eigenvalue weighted by Gasteiger charge is -2.38. The van der Waals surface area contributed by atoms with Gasteiger partial charge in [-0.25, -0.2) is 4.39 Å². The minimum atomic E-state index is -0.208. The van der Waals surface area contributed by atoms with Gasteiger partial charge in [0.25, 0.3) is 0 Å². The maximum atomic E-state index is 13.1. The summed E-state index contributed by atoms with van der Waals surface area (Å²) in [6.45, 7) is 5.26. The van der Waals surface area contributed by atoms with Crippen molar-refractivity contribution >= 4 is 17.3 Å². The molecule has 2 N–H and O–H groups in total. The third-order valence-electron chi connectivity index (χ3n) is 4.83. The van der Waals surface area contributed by atoms with Gasteiger partial charge in [0.15, 0.2) is 0 Å². The number of nitrogens with two attached hydrogens (primary N) is 1. The second-order valence-corrected chi connectivity index (χ2v) is 7.45. The number of halogens is 2. The highest BCUT2D eigenvalue weighted by molar-refractivity contribution is 6.30. The molecule has 0 spiro atoms. The number of ether oxygens (including phenoxy) is 2. The first-order valence-corrected chi connectivity index (χ1v) is 9.67. The van der Waals surface area contributed by atoms with Crippen molar-refractivity contribution in [2.24, 2.45) is 0 Å². The molecule has 1 aliphatic rings. The van der Waals surface area contributed by atoms with Gasteiger partial charge in [-0.3, -0.25) is 4.90 Å². The van der Waals surface area contributed by atoms with Crippen LogP contribution in [-0.4, -0.2) is 43.3 Å². The Morgan fingerprint density at radius 3 is 2.78 bits per heavy atom. The second kappa shape index (κ2) is 9.40. The summed E-state index contributed by atoms with van der Waals surface area (Å²) in [5, 5.41) is 0.606. The minimum Gasteiger partial charge on any atom is -0.491 e. The van der Waals surface area contributed by atoms with E-state index >= 15 is 0 Å². The van der Waals surface area contributed by atoms with Crippen LogP contribution in [0.3, 0.4) is 0 Å². The van der Waals surface area contributed by atoms with Gasteiger partial charge in [-0.2, -0.15) is 0 Å². The average molecular weight is 393 g/mol. The Bertz CT molecular complexity index is 741. The van der Waals surface area contributed by atoms with Gasteiger partial charge in [-0.15, -0.1) is 0 Å². The van der Waals surface area contributed by atoms with Gasteiger partial charge in [-0.1, -0.05) is 23.7 Å². The van der Waals surface area contributed by atoms with E-state index in [-0.39, 0.29) is 11.9 Å². The lowest BCUT2D eigenvalue weighted by atomic mass is 10.1. The Hall–Kier alpha value is -1.82. The second-order valence-electron chi connectivity index (χ2n) is 7.01. The van der Waals surface area contributed by atoms with E-state index in [4.69, 9.17) is 26.8 Å². The predicted molar refractivity (Wildman–Crippen MR) is 107 cm³/mol. The number of nitrogens with zero attached hydrogens (tertiary/aromatic N) is 1. The monoisotopic (exact) mass is 392 g/mol. The van der Waals surface area contributed by atoms with Crippen LogP contribution in [0.1, 0.15) is 18.9 Å². The first-order chi connectivity index (χ1) is 13.0. The number of nitrogen functional groups attached to an aromatic ring is 1. The fraction of sp³-hybridized carbons (Fsp3) is 0.429. The topological polar surface area (TPSA) is 47.7 Å². The van der Waals surface area contributed by atoms with Crippen molar-refractivity contribution in [3.8, 4) is 5.75 Å². The number of anilines is 1. The summed E-state index contributed by atoms with van der Waals surface area (Å²) in [4.78, 5) is 2.42. The molecule has 146 valence electrons. The number of benzene rings is 2. The van der Waals surface area contributed by atoms with Crippen molar-refractivity contribution in [1.29, 1.82) is 0 Å². The lowest BCUT2D eigenvalue weighted by molar-refractivity contribution is -0.0583. The maximum Gasteiger partial charge on any atom is 0.142 e. The highest BCUT2D eigenvalue weighted by Crippen LogP contribution is 2.25. The van der Waals surface area contributed by atoms with E-state index in [1.54, 1.807) is 18.2 Å². The van der Waals surface area contributed by atoms with Gasteiger partial charge in [0.2, 0.25) is 0 Å². The third kappa shape index (κ3) is 5.83. The molecule has 0 amide bonds. The fourth-order valence-corrected chi connectivity index (χ4v) is 3.47. The van der Waals surface area contributed by atoms with E-state index in [9.17, 15) is 4.39 Å². The average Bonchev–Trinajstić information content (AvgIpc) is 2.64. The molecule has 6 heteroatoms. The molecule has 2 aromatic carbocycles. The molecular formula is C21H26ClFN2O2. The van der Waals surface area contributed by atoms with E-state index < -0.39 is 0 Å². The highest BCUT2D eigenvalue weighted by atomic mass is 35.5. The largest absolute Gasteiger partial charge is 0.491 e. The Morgan fingerprint density at radius 2 is 2.04 bits per heavy atom. The highest BCUT2D eigenvalue weighted by Gasteiger charge is 2.25. The van der Waals surface area contributed by atoms with E-state index in [0.29, 0.717) is 35.7 Å². The summed E-state index contributed by atoms with van der Waals surface area (Å²) in [5.41, 5.74) is 7.56. The maximum absolute atomic E-state index is 13.1. The first-order valence-electron chi connectivity index (χ1n) is 9.29. The smallest absolute Gasteiger partial charge is 0.142 e. The summed E-state index contributed by atoms with van der Waals surface area (Å²) in [5.74, 6) is 0.462. The van der Waals surface area contributed by atoms with Crippen molar-refractivity contribution in [1.82, 2.24) is 4.90 Å². The standard InChI is InChI=1S/C21H26ClFN2O2/c1-15-14-27-19(11-16-3-6-18(23)7-4-16)13-25(15)9-2-10-26-21-8-5-17(22)12-20(21)24/h3-8,12,15,19H,2,9-11,13-14,24H2,1H3/t15-,19+/m0/s1. The van der Waals surface area contributed by atoms with Crippen LogP contribution in [-0.2, 0) is 11.2 Å². The zero-order chi connectivity index (χ0) is 19.2. The SMILES string of the molecule is C[C@H]1CO[C@H](Cc2ccc(F)cc2)CN1CCCOc1ccc(Cl)cc1N. The van der Waals surface area contributed by atoms with Gasteiger partial charge in [-0.05, 0) is 55.7 Å². The summed E-state index contributed by atoms with van der Waals surface area (Å²) in [6.07, 6.45) is 1.82. The van der Waals surface area contributed by atoms with Crippen LogP contribution < -0.4 is 10.5 Å². The van der Waals surface area contributed by atoms with Crippen molar-refractivity contribution in [2.45, 2.75) is 31.9 Å². The summed E-state index contributed by atoms with van der Waals surface area (Å²) in [6, 6.07) is 12.3. The molecule has 4 nitrogen and oxygen atoms in total. The van der Waals surface area contributed by atoms with Crippen LogP contribution in [0.5, 0.6) is 5.75 Å². The lowest BCUT2D eigenvalue weighted by Crippen LogP contribution is -2.49. The van der Waals surface area contributed by atoms with Crippen LogP contribution in [0.15, 0.2) is 42.5 Å². The molecule has 0 aromatic heterocycles. The van der Waals surface area contributed by atoms with Gasteiger partial charge in [0.1, 0.15) is 11.6 Å². The summed E-state index contributed by atoms with van der Waals surface area (Å²) in [7, 11) is 0. The Kier molecular flexibility index (Phi) is 6.94. The predicted octanol–water partition coefficient (Wildman–Crippen LogP) is 4.16. The Morgan fingerprint density at radius 1 is 1.26 bits per heavy atom. The number of rotatable bonds is 7. The molecule has 0 aliphatic carbocycles. The summed E-state index contributed by atoms with van der Waals surface area (Å²) < 4.78 is 24.8. The van der Waals surface area contributed by atoms with Crippen LogP contribution in [0.4, 0.5) is 10.1 Å². The van der Waals surface area contributed by atoms with Gasteiger partial charge < -0.3 is 15.2 Å². The molecule has 3 rings (SSSR count). The minimum absolute atomic E-state index is 0.125. The summed E-state index contributed by atoms with van der Waals surface area (Å²) >= 11 is 5.90. The normalized spacial score (nSPS) is 20.6. The van der Waals surface area contributed by atoms with E-state index in [0.717, 1.165) is 31.5 Å². The van der Waals surface area contributed by atoms with Gasteiger partial charge in [0, 0.05) is 24.2 Å². The molecule has 1 fully saturated rings. The molecule has 1 saturated heterocycles. The zero-order valence-corrected chi connectivity index (χ0v) is 16.3. The molecule has 2 aromatic rings. The molecule has 2 atom stereocenters. The van der Waals surface area contributed by atoms with Gasteiger partial charge >= 0.3 is 0 Å².